The zero-order valence-corrected chi connectivity index (χ0v) is 33.5. The van der Waals surface area contributed by atoms with Crippen molar-refractivity contribution < 1.29 is 19.1 Å². The molecule has 0 fully saturated rings. The first-order valence-electron chi connectivity index (χ1n) is 20.2. The summed E-state index contributed by atoms with van der Waals surface area (Å²) in [6.45, 7) is 23.7. The van der Waals surface area contributed by atoms with E-state index in [4.69, 9.17) is 9.47 Å². The van der Waals surface area contributed by atoms with E-state index in [0.29, 0.717) is 48.7 Å². The third-order valence-electron chi connectivity index (χ3n) is 9.33. The molecule has 0 aromatic carbocycles. The Morgan fingerprint density at radius 1 is 0.633 bits per heavy atom. The third-order valence-corrected chi connectivity index (χ3v) is 9.33. The van der Waals surface area contributed by atoms with E-state index in [-0.39, 0.29) is 11.9 Å². The van der Waals surface area contributed by atoms with Gasteiger partial charge in [0.1, 0.15) is 0 Å². The van der Waals surface area contributed by atoms with Crippen LogP contribution >= 0.6 is 0 Å². The van der Waals surface area contributed by atoms with Crippen molar-refractivity contribution in [2.45, 2.75) is 184 Å². The maximum Gasteiger partial charge on any atom is 0.305 e. The molecule has 1 heterocycles. The third kappa shape index (κ3) is 29.5. The van der Waals surface area contributed by atoms with E-state index in [1.54, 1.807) is 0 Å². The number of ether oxygens (including phenoxy) is 2. The van der Waals surface area contributed by atoms with Gasteiger partial charge in [-0.3, -0.25) is 9.59 Å². The lowest BCUT2D eigenvalue weighted by Gasteiger charge is -2.23. The number of carbonyl (C=O) groups excluding carboxylic acids is 2. The highest BCUT2D eigenvalue weighted by atomic mass is 16.5. The summed E-state index contributed by atoms with van der Waals surface area (Å²) in [6.07, 6.45) is 26.3. The average Bonchev–Trinajstić information content (AvgIpc) is 3.51. The Kier molecular flexibility index (Phi) is 24.7. The number of unbranched alkanes of at least 4 members (excludes halogenated alkanes) is 10. The van der Waals surface area contributed by atoms with Crippen LogP contribution in [0.1, 0.15) is 177 Å². The number of nitrogens with zero attached hydrogens (tertiary/aromatic N) is 3. The second-order valence-electron chi connectivity index (χ2n) is 17.5. The van der Waals surface area contributed by atoms with Gasteiger partial charge < -0.3 is 18.9 Å². The van der Waals surface area contributed by atoms with Gasteiger partial charge in [0.15, 0.2) is 0 Å². The summed E-state index contributed by atoms with van der Waals surface area (Å²) in [4.78, 5) is 31.1. The van der Waals surface area contributed by atoms with Crippen LogP contribution in [0.2, 0.25) is 0 Å². The van der Waals surface area contributed by atoms with Crippen molar-refractivity contribution in [3.05, 3.63) is 18.7 Å². The number of aryl methyl sites for hydroxylation is 1. The molecule has 0 aliphatic carbocycles. The fraction of sp³-hybridized carbons (Fsp3) is 0.881. The second-order valence-corrected chi connectivity index (χ2v) is 17.5. The van der Waals surface area contributed by atoms with E-state index in [2.05, 4.69) is 69.8 Å². The normalized spacial score (nSPS) is 13.5. The highest BCUT2D eigenvalue weighted by molar-refractivity contribution is 5.69. The molecule has 0 aliphatic heterocycles. The zero-order valence-electron chi connectivity index (χ0n) is 33.5. The molecule has 1 aromatic rings. The van der Waals surface area contributed by atoms with Crippen molar-refractivity contribution in [1.82, 2.24) is 14.5 Å². The summed E-state index contributed by atoms with van der Waals surface area (Å²) in [5.74, 6) is 1.12. The Hall–Kier alpha value is -1.89. The number of aromatic nitrogens is 2. The Balaban J connectivity index is 2.13. The number of carbonyl (C=O) groups is 2. The van der Waals surface area contributed by atoms with Gasteiger partial charge in [0, 0.05) is 31.8 Å². The summed E-state index contributed by atoms with van der Waals surface area (Å²) in [7, 11) is 0. The minimum absolute atomic E-state index is 0.0263. The highest BCUT2D eigenvalue weighted by Gasteiger charge is 2.17. The van der Waals surface area contributed by atoms with Gasteiger partial charge in [0.25, 0.3) is 0 Å². The topological polar surface area (TPSA) is 73.7 Å². The molecule has 7 nitrogen and oxygen atoms in total. The molecule has 49 heavy (non-hydrogen) atoms. The SMILES string of the molecule is CC(CCOC(=O)CCCCCCCCN(CCCCCCCCC(=O)OCCC(C)CC(C)(C)C)CCCn1ccnc1)CC(C)(C)C. The van der Waals surface area contributed by atoms with Gasteiger partial charge in [0.2, 0.25) is 0 Å². The van der Waals surface area contributed by atoms with E-state index in [1.165, 1.54) is 64.5 Å². The van der Waals surface area contributed by atoms with Crippen LogP contribution in [0.15, 0.2) is 18.7 Å². The van der Waals surface area contributed by atoms with Crippen LogP contribution in [0.3, 0.4) is 0 Å². The largest absolute Gasteiger partial charge is 0.466 e. The molecule has 0 saturated carbocycles. The summed E-state index contributed by atoms with van der Waals surface area (Å²) < 4.78 is 13.2. The molecule has 1 rings (SSSR count). The maximum absolute atomic E-state index is 12.1. The molecular weight excluding hydrogens is 610 g/mol. The highest BCUT2D eigenvalue weighted by Crippen LogP contribution is 2.27. The van der Waals surface area contributed by atoms with Gasteiger partial charge in [-0.1, -0.05) is 107 Å². The molecular formula is C42H79N3O4. The minimum atomic E-state index is -0.0263. The van der Waals surface area contributed by atoms with E-state index in [1.807, 2.05) is 18.7 Å². The number of hydrogen-bond acceptors (Lipinski definition) is 6. The molecule has 286 valence electrons. The fourth-order valence-corrected chi connectivity index (χ4v) is 7.04. The van der Waals surface area contributed by atoms with E-state index in [0.717, 1.165) is 70.9 Å². The smallest absolute Gasteiger partial charge is 0.305 e. The lowest BCUT2D eigenvalue weighted by atomic mass is 9.84. The van der Waals surface area contributed by atoms with Gasteiger partial charge in [-0.15, -0.1) is 0 Å². The number of hydrogen-bond donors (Lipinski definition) is 0. The van der Waals surface area contributed by atoms with Gasteiger partial charge in [-0.05, 0) is 100 Å². The monoisotopic (exact) mass is 690 g/mol. The van der Waals surface area contributed by atoms with Crippen molar-refractivity contribution in [3.8, 4) is 0 Å². The quantitative estimate of drug-likeness (QED) is 0.0591. The molecule has 0 saturated heterocycles. The Morgan fingerprint density at radius 3 is 1.45 bits per heavy atom. The lowest BCUT2D eigenvalue weighted by Crippen LogP contribution is -2.28. The molecule has 0 amide bonds. The number of imidazole rings is 1. The van der Waals surface area contributed by atoms with Gasteiger partial charge in [0.05, 0.1) is 19.5 Å². The Labute approximate surface area is 303 Å². The van der Waals surface area contributed by atoms with Crippen molar-refractivity contribution in [3.63, 3.8) is 0 Å². The lowest BCUT2D eigenvalue weighted by molar-refractivity contribution is -0.145. The van der Waals surface area contributed by atoms with Crippen LogP contribution < -0.4 is 0 Å². The van der Waals surface area contributed by atoms with Crippen LogP contribution in [0.25, 0.3) is 0 Å². The molecule has 7 heteroatoms. The molecule has 1 aromatic heterocycles. The van der Waals surface area contributed by atoms with E-state index in [9.17, 15) is 9.59 Å². The Bertz CT molecular complexity index is 879. The molecule has 0 bridgehead atoms. The van der Waals surface area contributed by atoms with Gasteiger partial charge >= 0.3 is 11.9 Å². The van der Waals surface area contributed by atoms with Crippen LogP contribution in [0, 0.1) is 22.7 Å². The molecule has 2 atom stereocenters. The van der Waals surface area contributed by atoms with E-state index >= 15 is 0 Å². The van der Waals surface area contributed by atoms with Crippen LogP contribution in [0.5, 0.6) is 0 Å². The first-order chi connectivity index (χ1) is 23.2. The summed E-state index contributed by atoms with van der Waals surface area (Å²) in [5, 5.41) is 0. The number of esters is 2. The molecule has 0 aliphatic rings. The van der Waals surface area contributed by atoms with Crippen LogP contribution in [0.4, 0.5) is 0 Å². The van der Waals surface area contributed by atoms with Gasteiger partial charge in [-0.25, -0.2) is 4.98 Å². The predicted octanol–water partition coefficient (Wildman–Crippen LogP) is 11.0. The minimum Gasteiger partial charge on any atom is -0.466 e. The second kappa shape index (κ2) is 26.9. The molecule has 2 unspecified atom stereocenters. The first-order valence-corrected chi connectivity index (χ1v) is 20.2. The van der Waals surface area contributed by atoms with Crippen molar-refractivity contribution >= 4 is 11.9 Å². The van der Waals surface area contributed by atoms with Crippen LogP contribution in [-0.2, 0) is 25.6 Å². The summed E-state index contributed by atoms with van der Waals surface area (Å²) in [6, 6.07) is 0. The Morgan fingerprint density at radius 2 is 1.04 bits per heavy atom. The van der Waals surface area contributed by atoms with Gasteiger partial charge in [-0.2, -0.15) is 0 Å². The van der Waals surface area contributed by atoms with Crippen molar-refractivity contribution in [2.75, 3.05) is 32.8 Å². The van der Waals surface area contributed by atoms with E-state index < -0.39 is 0 Å². The summed E-state index contributed by atoms with van der Waals surface area (Å²) in [5.41, 5.74) is 0.656. The standard InChI is InChI=1S/C42H79N3O4/c1-37(34-41(3,4)5)24-32-48-39(46)22-17-13-9-11-15-19-27-44(29-21-30-45-31-26-43-36-45)28-20-16-12-10-14-18-23-40(47)49-33-25-38(2)35-42(6,7)8/h26,31,36-38H,9-25,27-30,32-35H2,1-8H3. The average molecular weight is 690 g/mol. The molecule has 0 radical (unpaired) electrons. The maximum atomic E-state index is 12.1. The summed E-state index contributed by atoms with van der Waals surface area (Å²) >= 11 is 0. The van der Waals surface area contributed by atoms with Crippen molar-refractivity contribution in [1.29, 1.82) is 0 Å². The zero-order chi connectivity index (χ0) is 36.4. The predicted molar refractivity (Wildman–Crippen MR) is 206 cm³/mol. The molecule has 0 N–H and O–H groups in total. The van der Waals surface area contributed by atoms with Crippen molar-refractivity contribution in [2.24, 2.45) is 22.7 Å². The number of rotatable bonds is 30. The fourth-order valence-electron chi connectivity index (χ4n) is 7.04. The van der Waals surface area contributed by atoms with Crippen LogP contribution in [-0.4, -0.2) is 59.2 Å². The molecule has 0 spiro atoms. The first kappa shape index (κ1) is 45.1.